The van der Waals surface area contributed by atoms with Gasteiger partial charge in [-0.05, 0) is 5.92 Å². The summed E-state index contributed by atoms with van der Waals surface area (Å²) in [7, 11) is 0. The topological polar surface area (TPSA) is 69.6 Å². The van der Waals surface area contributed by atoms with Crippen LogP contribution in [-0.4, -0.2) is 22.2 Å². The van der Waals surface area contributed by atoms with E-state index >= 15 is 0 Å². The summed E-state index contributed by atoms with van der Waals surface area (Å²) in [6.07, 6.45) is 1.84. The number of rotatable bonds is 5. The second-order valence-electron chi connectivity index (χ2n) is 3.22. The predicted octanol–water partition coefficient (Wildman–Crippen LogP) is 1.49. The van der Waals surface area contributed by atoms with Gasteiger partial charge in [0.2, 0.25) is 0 Å². The van der Waals surface area contributed by atoms with Crippen molar-refractivity contribution in [2.75, 3.05) is 0 Å². The van der Waals surface area contributed by atoms with Crippen LogP contribution in [0, 0.1) is 5.92 Å². The smallest absolute Gasteiger partial charge is 0.326 e. The van der Waals surface area contributed by atoms with E-state index in [9.17, 15) is 4.79 Å². The van der Waals surface area contributed by atoms with Crippen LogP contribution >= 0.6 is 0 Å². The van der Waals surface area contributed by atoms with E-state index in [0.717, 1.165) is 0 Å². The van der Waals surface area contributed by atoms with Gasteiger partial charge in [-0.25, -0.2) is 4.79 Å². The van der Waals surface area contributed by atoms with Crippen molar-refractivity contribution >= 4 is 5.97 Å². The monoisotopic (exact) mass is 187 g/mol. The van der Waals surface area contributed by atoms with Crippen molar-refractivity contribution in [3.05, 3.63) is 12.0 Å². The number of hydrogen-bond acceptors (Lipinski definition) is 3. The lowest BCUT2D eigenvalue weighted by Gasteiger charge is -2.16. The van der Waals surface area contributed by atoms with Gasteiger partial charge in [0.15, 0.2) is 0 Å². The molecule has 0 amide bonds. The van der Waals surface area contributed by atoms with Gasteiger partial charge in [0, 0.05) is 12.6 Å². The molecular formula is C9H17NO3. The first-order valence-corrected chi connectivity index (χ1v) is 4.35. The Morgan fingerprint density at radius 3 is 2.31 bits per heavy atom. The number of aliphatic hydroxyl groups excluding tert-OH is 1. The fourth-order valence-electron chi connectivity index (χ4n) is 0.837. The van der Waals surface area contributed by atoms with Gasteiger partial charge in [-0.3, -0.25) is 0 Å². The maximum absolute atomic E-state index is 10.7. The average Bonchev–Trinajstić information content (AvgIpc) is 2.03. The molecule has 0 aromatic carbocycles. The lowest BCUT2D eigenvalue weighted by atomic mass is 10.1. The van der Waals surface area contributed by atoms with Crippen molar-refractivity contribution in [1.82, 2.24) is 5.32 Å². The Kier molecular flexibility index (Phi) is 4.96. The molecule has 4 heteroatoms. The van der Waals surface area contributed by atoms with Crippen LogP contribution in [-0.2, 0) is 4.79 Å². The Morgan fingerprint density at radius 2 is 2.00 bits per heavy atom. The van der Waals surface area contributed by atoms with Gasteiger partial charge in [0.05, 0.1) is 0 Å². The van der Waals surface area contributed by atoms with Crippen molar-refractivity contribution < 1.29 is 15.0 Å². The summed E-state index contributed by atoms with van der Waals surface area (Å²) in [5.74, 6) is -0.763. The highest BCUT2D eigenvalue weighted by atomic mass is 16.4. The van der Waals surface area contributed by atoms with Crippen LogP contribution in [0.5, 0.6) is 0 Å². The van der Waals surface area contributed by atoms with Crippen LogP contribution in [0.25, 0.3) is 0 Å². The Bertz CT molecular complexity index is 199. The SMILES string of the molecule is CCC(O)=CN[C@H](C(=O)O)C(C)C. The van der Waals surface area contributed by atoms with E-state index in [1.54, 1.807) is 6.92 Å². The molecule has 0 aromatic heterocycles. The number of allylic oxidation sites excluding steroid dienone is 1. The molecule has 4 nitrogen and oxygen atoms in total. The number of aliphatic carboxylic acids is 1. The zero-order valence-corrected chi connectivity index (χ0v) is 8.24. The third-order valence-electron chi connectivity index (χ3n) is 1.72. The Hall–Kier alpha value is -1.19. The molecule has 0 saturated carbocycles. The molecular weight excluding hydrogens is 170 g/mol. The van der Waals surface area contributed by atoms with Gasteiger partial charge in [0.1, 0.15) is 11.8 Å². The van der Waals surface area contributed by atoms with E-state index in [0.29, 0.717) is 6.42 Å². The fourth-order valence-corrected chi connectivity index (χ4v) is 0.837. The standard InChI is InChI=1S/C9H17NO3/c1-4-7(11)5-10-8(6(2)3)9(12)13/h5-6,8,10-11H,4H2,1-3H3,(H,12,13)/t8-/m0/s1. The number of aliphatic hydroxyl groups is 1. The van der Waals surface area contributed by atoms with Gasteiger partial charge < -0.3 is 15.5 Å². The zero-order valence-electron chi connectivity index (χ0n) is 8.24. The molecule has 13 heavy (non-hydrogen) atoms. The first-order valence-electron chi connectivity index (χ1n) is 4.35. The minimum absolute atomic E-state index is 0.0154. The molecule has 0 aliphatic heterocycles. The normalized spacial score (nSPS) is 14.3. The molecule has 3 N–H and O–H groups in total. The Balaban J connectivity index is 4.20. The van der Waals surface area contributed by atoms with Gasteiger partial charge in [-0.1, -0.05) is 20.8 Å². The molecule has 0 bridgehead atoms. The third kappa shape index (κ3) is 4.40. The zero-order chi connectivity index (χ0) is 10.4. The summed E-state index contributed by atoms with van der Waals surface area (Å²) in [5, 5.41) is 20.5. The molecule has 0 saturated heterocycles. The van der Waals surface area contributed by atoms with Crippen LogP contribution < -0.4 is 5.32 Å². The quantitative estimate of drug-likeness (QED) is 0.570. The lowest BCUT2D eigenvalue weighted by molar-refractivity contribution is -0.140. The first kappa shape index (κ1) is 11.8. The Morgan fingerprint density at radius 1 is 1.46 bits per heavy atom. The molecule has 0 radical (unpaired) electrons. The summed E-state index contributed by atoms with van der Waals surface area (Å²) < 4.78 is 0. The number of carboxylic acids is 1. The van der Waals surface area contributed by atoms with Crippen molar-refractivity contribution in [3.63, 3.8) is 0 Å². The van der Waals surface area contributed by atoms with Crippen LogP contribution in [0.4, 0.5) is 0 Å². The number of hydrogen-bond donors (Lipinski definition) is 3. The minimum Gasteiger partial charge on any atom is -0.511 e. The molecule has 76 valence electrons. The van der Waals surface area contributed by atoms with Gasteiger partial charge >= 0.3 is 5.97 Å². The number of carbonyl (C=O) groups is 1. The fraction of sp³-hybridized carbons (Fsp3) is 0.667. The van der Waals surface area contributed by atoms with Crippen molar-refractivity contribution in [1.29, 1.82) is 0 Å². The number of carboxylic acid groups (broad SMARTS) is 1. The van der Waals surface area contributed by atoms with E-state index < -0.39 is 12.0 Å². The van der Waals surface area contributed by atoms with Crippen molar-refractivity contribution in [3.8, 4) is 0 Å². The van der Waals surface area contributed by atoms with Gasteiger partial charge in [0.25, 0.3) is 0 Å². The third-order valence-corrected chi connectivity index (χ3v) is 1.72. The van der Waals surface area contributed by atoms with Crippen LogP contribution in [0.3, 0.4) is 0 Å². The van der Waals surface area contributed by atoms with E-state index in [1.807, 2.05) is 13.8 Å². The molecule has 0 aliphatic rings. The molecule has 0 spiro atoms. The van der Waals surface area contributed by atoms with Crippen LogP contribution in [0.1, 0.15) is 27.2 Å². The first-order chi connectivity index (χ1) is 5.99. The highest BCUT2D eigenvalue weighted by Gasteiger charge is 2.19. The van der Waals surface area contributed by atoms with Crippen molar-refractivity contribution in [2.24, 2.45) is 5.92 Å². The number of nitrogens with one attached hydrogen (secondary N) is 1. The predicted molar refractivity (Wildman–Crippen MR) is 50.4 cm³/mol. The molecule has 0 fully saturated rings. The van der Waals surface area contributed by atoms with E-state index in [1.165, 1.54) is 6.20 Å². The molecule has 0 rings (SSSR count). The van der Waals surface area contributed by atoms with Crippen LogP contribution in [0.2, 0.25) is 0 Å². The second-order valence-corrected chi connectivity index (χ2v) is 3.22. The summed E-state index contributed by atoms with van der Waals surface area (Å²) >= 11 is 0. The van der Waals surface area contributed by atoms with Crippen molar-refractivity contribution in [2.45, 2.75) is 33.2 Å². The highest BCUT2D eigenvalue weighted by Crippen LogP contribution is 2.02. The molecule has 1 atom stereocenters. The Labute approximate surface area is 78.3 Å². The second kappa shape index (κ2) is 5.45. The van der Waals surface area contributed by atoms with Crippen LogP contribution in [0.15, 0.2) is 12.0 Å². The van der Waals surface area contributed by atoms with E-state index in [4.69, 9.17) is 10.2 Å². The maximum Gasteiger partial charge on any atom is 0.326 e. The summed E-state index contributed by atoms with van der Waals surface area (Å²) in [6.45, 7) is 5.41. The van der Waals surface area contributed by atoms with Gasteiger partial charge in [-0.15, -0.1) is 0 Å². The summed E-state index contributed by atoms with van der Waals surface area (Å²) in [4.78, 5) is 10.7. The lowest BCUT2D eigenvalue weighted by Crippen LogP contribution is -2.38. The summed E-state index contributed by atoms with van der Waals surface area (Å²) in [5.41, 5.74) is 0. The summed E-state index contributed by atoms with van der Waals surface area (Å²) in [6, 6.07) is -0.645. The van der Waals surface area contributed by atoms with Gasteiger partial charge in [-0.2, -0.15) is 0 Å². The molecule has 0 unspecified atom stereocenters. The molecule has 0 heterocycles. The van der Waals surface area contributed by atoms with E-state index in [2.05, 4.69) is 5.32 Å². The largest absolute Gasteiger partial charge is 0.511 e. The van der Waals surface area contributed by atoms with E-state index in [-0.39, 0.29) is 11.7 Å². The minimum atomic E-state index is -0.907. The maximum atomic E-state index is 10.7. The molecule has 0 aromatic rings. The highest BCUT2D eigenvalue weighted by molar-refractivity contribution is 5.73. The molecule has 0 aliphatic carbocycles. The average molecular weight is 187 g/mol.